The number of hydrogen-bond acceptors (Lipinski definition) is 4. The Morgan fingerprint density at radius 3 is 2.83 bits per heavy atom. The van der Waals surface area contributed by atoms with Gasteiger partial charge in [-0.05, 0) is 18.6 Å². The average Bonchev–Trinajstić information content (AvgIpc) is 2.78. The predicted molar refractivity (Wildman–Crippen MR) is 64.4 cm³/mol. The first-order valence-electron chi connectivity index (χ1n) is 5.63. The molecule has 0 bridgehead atoms. The van der Waals surface area contributed by atoms with Gasteiger partial charge in [0.1, 0.15) is 6.29 Å². The molecule has 1 aromatic rings. The smallest absolute Gasteiger partial charge is 0.339 e. The predicted octanol–water partition coefficient (Wildman–Crippen LogP) is 1.17. The lowest BCUT2D eigenvalue weighted by Crippen LogP contribution is -2.35. The zero-order chi connectivity index (χ0) is 13.1. The van der Waals surface area contributed by atoms with Crippen LogP contribution in [0.2, 0.25) is 0 Å². The number of methoxy groups -OCH3 is 1. The fourth-order valence-electron chi connectivity index (χ4n) is 2.11. The monoisotopic (exact) mass is 247 g/mol. The normalized spacial score (nSPS) is 18.8. The van der Waals surface area contributed by atoms with Gasteiger partial charge in [0.25, 0.3) is 0 Å². The van der Waals surface area contributed by atoms with E-state index in [1.54, 1.807) is 24.3 Å². The molecule has 1 saturated heterocycles. The lowest BCUT2D eigenvalue weighted by molar-refractivity contribution is -0.118. The molecule has 5 nitrogen and oxygen atoms in total. The van der Waals surface area contributed by atoms with Crippen LogP contribution in [0.4, 0.5) is 5.69 Å². The van der Waals surface area contributed by atoms with Gasteiger partial charge in [-0.1, -0.05) is 12.1 Å². The molecule has 0 saturated carbocycles. The minimum atomic E-state index is -0.519. The van der Waals surface area contributed by atoms with Crippen molar-refractivity contribution in [2.45, 2.75) is 18.9 Å². The molecular formula is C13H13NO4. The maximum absolute atomic E-state index is 11.8. The van der Waals surface area contributed by atoms with Crippen LogP contribution < -0.4 is 4.90 Å². The number of carbonyl (C=O) groups excluding carboxylic acids is 3. The Morgan fingerprint density at radius 2 is 2.17 bits per heavy atom. The summed E-state index contributed by atoms with van der Waals surface area (Å²) in [5.41, 5.74) is 0.728. The highest BCUT2D eigenvalue weighted by atomic mass is 16.5. The van der Waals surface area contributed by atoms with E-state index in [-0.39, 0.29) is 5.91 Å². The summed E-state index contributed by atoms with van der Waals surface area (Å²) in [5, 5.41) is 0. The highest BCUT2D eigenvalue weighted by Crippen LogP contribution is 2.29. The SMILES string of the molecule is COC(=O)c1ccccc1N1C(=O)CCC1C=O. The third-order valence-corrected chi connectivity index (χ3v) is 2.98. The summed E-state index contributed by atoms with van der Waals surface area (Å²) in [6.45, 7) is 0. The van der Waals surface area contributed by atoms with Crippen LogP contribution in [-0.2, 0) is 14.3 Å². The molecule has 18 heavy (non-hydrogen) atoms. The Hall–Kier alpha value is -2.17. The molecule has 0 N–H and O–H groups in total. The minimum Gasteiger partial charge on any atom is -0.465 e. The maximum Gasteiger partial charge on any atom is 0.339 e. The van der Waals surface area contributed by atoms with Crippen molar-refractivity contribution in [2.75, 3.05) is 12.0 Å². The molecule has 1 amide bonds. The van der Waals surface area contributed by atoms with Crippen LogP contribution >= 0.6 is 0 Å². The van der Waals surface area contributed by atoms with Crippen molar-refractivity contribution in [3.05, 3.63) is 29.8 Å². The van der Waals surface area contributed by atoms with Crippen molar-refractivity contribution in [3.8, 4) is 0 Å². The molecule has 2 rings (SSSR count). The molecular weight excluding hydrogens is 234 g/mol. The van der Waals surface area contributed by atoms with E-state index in [1.807, 2.05) is 0 Å². The van der Waals surface area contributed by atoms with E-state index in [4.69, 9.17) is 0 Å². The molecule has 1 heterocycles. The summed E-state index contributed by atoms with van der Waals surface area (Å²) in [6.07, 6.45) is 1.54. The van der Waals surface area contributed by atoms with Gasteiger partial charge in [0.2, 0.25) is 5.91 Å². The van der Waals surface area contributed by atoms with Crippen LogP contribution in [0.15, 0.2) is 24.3 Å². The van der Waals surface area contributed by atoms with Crippen LogP contribution in [0.3, 0.4) is 0 Å². The Morgan fingerprint density at radius 1 is 1.44 bits per heavy atom. The molecule has 0 aromatic heterocycles. The highest BCUT2D eigenvalue weighted by molar-refractivity contribution is 6.06. The van der Waals surface area contributed by atoms with Gasteiger partial charge in [0, 0.05) is 6.42 Å². The van der Waals surface area contributed by atoms with Crippen molar-refractivity contribution in [1.82, 2.24) is 0 Å². The Bertz CT molecular complexity index is 498. The van der Waals surface area contributed by atoms with Crippen LogP contribution in [-0.4, -0.2) is 31.3 Å². The molecule has 1 aliphatic rings. The summed E-state index contributed by atoms with van der Waals surface area (Å²) in [7, 11) is 1.28. The molecule has 1 unspecified atom stereocenters. The van der Waals surface area contributed by atoms with Gasteiger partial charge in [-0.25, -0.2) is 4.79 Å². The summed E-state index contributed by atoms with van der Waals surface area (Å²) < 4.78 is 4.68. The van der Waals surface area contributed by atoms with E-state index in [1.165, 1.54) is 12.0 Å². The number of anilines is 1. The van der Waals surface area contributed by atoms with Gasteiger partial charge in [-0.2, -0.15) is 0 Å². The van der Waals surface area contributed by atoms with Gasteiger partial charge in [-0.3, -0.25) is 4.79 Å². The Labute approximate surface area is 104 Å². The van der Waals surface area contributed by atoms with Crippen molar-refractivity contribution in [1.29, 1.82) is 0 Å². The number of aldehydes is 1. The first-order valence-corrected chi connectivity index (χ1v) is 5.63. The number of hydrogen-bond donors (Lipinski definition) is 0. The van der Waals surface area contributed by atoms with Gasteiger partial charge in [-0.15, -0.1) is 0 Å². The number of amides is 1. The molecule has 0 aliphatic carbocycles. The average molecular weight is 247 g/mol. The summed E-state index contributed by atoms with van der Waals surface area (Å²) >= 11 is 0. The molecule has 1 fully saturated rings. The molecule has 94 valence electrons. The van der Waals surface area contributed by atoms with E-state index in [9.17, 15) is 14.4 Å². The van der Waals surface area contributed by atoms with E-state index in [0.29, 0.717) is 24.1 Å². The molecule has 1 aromatic carbocycles. The number of para-hydroxylation sites is 1. The van der Waals surface area contributed by atoms with Crippen molar-refractivity contribution >= 4 is 23.9 Å². The highest BCUT2D eigenvalue weighted by Gasteiger charge is 2.34. The van der Waals surface area contributed by atoms with Crippen molar-refractivity contribution in [2.24, 2.45) is 0 Å². The summed E-state index contributed by atoms with van der Waals surface area (Å²) in [4.78, 5) is 35.8. The first kappa shape index (κ1) is 12.3. The zero-order valence-corrected chi connectivity index (χ0v) is 9.96. The fourth-order valence-corrected chi connectivity index (χ4v) is 2.11. The summed E-state index contributed by atoms with van der Waals surface area (Å²) in [6, 6.07) is 6.13. The second kappa shape index (κ2) is 5.00. The lowest BCUT2D eigenvalue weighted by atomic mass is 10.1. The Kier molecular flexibility index (Phi) is 3.41. The van der Waals surface area contributed by atoms with E-state index < -0.39 is 12.0 Å². The number of benzene rings is 1. The number of ether oxygens (including phenoxy) is 1. The third-order valence-electron chi connectivity index (χ3n) is 2.98. The van der Waals surface area contributed by atoms with Gasteiger partial charge in [0.05, 0.1) is 24.4 Å². The van der Waals surface area contributed by atoms with Crippen LogP contribution in [0, 0.1) is 0 Å². The molecule has 1 aliphatic heterocycles. The quantitative estimate of drug-likeness (QED) is 0.594. The minimum absolute atomic E-state index is 0.150. The second-order valence-corrected chi connectivity index (χ2v) is 4.01. The largest absolute Gasteiger partial charge is 0.465 e. The second-order valence-electron chi connectivity index (χ2n) is 4.01. The van der Waals surface area contributed by atoms with E-state index >= 15 is 0 Å². The third kappa shape index (κ3) is 1.99. The van der Waals surface area contributed by atoms with Crippen molar-refractivity contribution < 1.29 is 19.1 Å². The van der Waals surface area contributed by atoms with Gasteiger partial charge in [0.15, 0.2) is 0 Å². The van der Waals surface area contributed by atoms with Gasteiger partial charge >= 0.3 is 5.97 Å². The number of rotatable bonds is 3. The summed E-state index contributed by atoms with van der Waals surface area (Å²) in [5.74, 6) is -0.668. The molecule has 0 spiro atoms. The van der Waals surface area contributed by atoms with Gasteiger partial charge < -0.3 is 14.4 Å². The lowest BCUT2D eigenvalue weighted by Gasteiger charge is -2.22. The van der Waals surface area contributed by atoms with Crippen molar-refractivity contribution in [3.63, 3.8) is 0 Å². The van der Waals surface area contributed by atoms with Crippen LogP contribution in [0.5, 0.6) is 0 Å². The fraction of sp³-hybridized carbons (Fsp3) is 0.308. The van der Waals surface area contributed by atoms with Crippen LogP contribution in [0.25, 0.3) is 0 Å². The number of nitrogens with zero attached hydrogens (tertiary/aromatic N) is 1. The van der Waals surface area contributed by atoms with E-state index in [0.717, 1.165) is 6.29 Å². The Balaban J connectivity index is 2.46. The molecule has 0 radical (unpaired) electrons. The number of carbonyl (C=O) groups is 3. The standard InChI is InChI=1S/C13H13NO4/c1-18-13(17)10-4-2-3-5-11(10)14-9(8-15)6-7-12(14)16/h2-5,8-9H,6-7H2,1H3. The van der Waals surface area contributed by atoms with Crippen LogP contribution in [0.1, 0.15) is 23.2 Å². The van der Waals surface area contributed by atoms with E-state index in [2.05, 4.69) is 4.74 Å². The number of esters is 1. The molecule has 1 atom stereocenters. The zero-order valence-electron chi connectivity index (χ0n) is 9.96. The first-order chi connectivity index (χ1) is 8.69. The topological polar surface area (TPSA) is 63.7 Å². The molecule has 5 heteroatoms. The maximum atomic E-state index is 11.8.